The summed E-state index contributed by atoms with van der Waals surface area (Å²) < 4.78 is 5.14. The van der Waals surface area contributed by atoms with Crippen molar-refractivity contribution in [1.82, 2.24) is 4.98 Å². The van der Waals surface area contributed by atoms with Crippen LogP contribution >= 0.6 is 0 Å². The Kier molecular flexibility index (Phi) is 5.24. The molecule has 0 saturated heterocycles. The number of nitro benzene ring substituents is 1. The van der Waals surface area contributed by atoms with Crippen LogP contribution < -0.4 is 9.64 Å². The smallest absolute Gasteiger partial charge is 0.269 e. The van der Waals surface area contributed by atoms with E-state index in [1.807, 2.05) is 0 Å². The number of aromatic nitrogens is 1. The van der Waals surface area contributed by atoms with Gasteiger partial charge in [0, 0.05) is 31.8 Å². The molecule has 0 atom stereocenters. The lowest BCUT2D eigenvalue weighted by molar-refractivity contribution is -0.384. The quantitative estimate of drug-likeness (QED) is 0.604. The van der Waals surface area contributed by atoms with Gasteiger partial charge in [0.25, 0.3) is 5.69 Å². The van der Waals surface area contributed by atoms with Crippen LogP contribution in [0.5, 0.6) is 5.88 Å². The SMILES string of the molecule is COc1ncccc1N(C)C(=O)CCc1cccc([N+](=O)[O-])c1. The average Bonchev–Trinajstić information content (AvgIpc) is 2.59. The number of nitro groups is 1. The molecule has 0 aliphatic rings. The van der Waals surface area contributed by atoms with Crippen molar-refractivity contribution < 1.29 is 14.5 Å². The molecule has 2 aromatic rings. The second-order valence-electron chi connectivity index (χ2n) is 4.91. The van der Waals surface area contributed by atoms with E-state index < -0.39 is 4.92 Å². The van der Waals surface area contributed by atoms with Gasteiger partial charge >= 0.3 is 0 Å². The van der Waals surface area contributed by atoms with Crippen LogP contribution in [0.2, 0.25) is 0 Å². The number of pyridine rings is 1. The zero-order valence-electron chi connectivity index (χ0n) is 12.9. The van der Waals surface area contributed by atoms with Crippen LogP contribution in [0.4, 0.5) is 11.4 Å². The van der Waals surface area contributed by atoms with Gasteiger partial charge in [-0.05, 0) is 24.1 Å². The number of amides is 1. The van der Waals surface area contributed by atoms with E-state index in [1.165, 1.54) is 24.1 Å². The summed E-state index contributed by atoms with van der Waals surface area (Å²) in [6.45, 7) is 0. The molecule has 0 bridgehead atoms. The van der Waals surface area contributed by atoms with E-state index in [-0.39, 0.29) is 18.0 Å². The molecule has 1 aromatic heterocycles. The fourth-order valence-electron chi connectivity index (χ4n) is 2.17. The first-order valence-electron chi connectivity index (χ1n) is 7.02. The van der Waals surface area contributed by atoms with Crippen molar-refractivity contribution in [2.75, 3.05) is 19.1 Å². The summed E-state index contributed by atoms with van der Waals surface area (Å²) in [5.74, 6) is 0.251. The highest BCUT2D eigenvalue weighted by molar-refractivity contribution is 5.94. The van der Waals surface area contributed by atoms with Crippen molar-refractivity contribution in [3.05, 3.63) is 58.3 Å². The van der Waals surface area contributed by atoms with Crippen LogP contribution in [0.3, 0.4) is 0 Å². The van der Waals surface area contributed by atoms with Crippen LogP contribution in [-0.4, -0.2) is 30.0 Å². The van der Waals surface area contributed by atoms with Crippen molar-refractivity contribution in [3.8, 4) is 5.88 Å². The van der Waals surface area contributed by atoms with Gasteiger partial charge in [-0.25, -0.2) is 4.98 Å². The largest absolute Gasteiger partial charge is 0.480 e. The number of carbonyl (C=O) groups excluding carboxylic acids is 1. The topological polar surface area (TPSA) is 85.6 Å². The fourth-order valence-corrected chi connectivity index (χ4v) is 2.17. The summed E-state index contributed by atoms with van der Waals surface area (Å²) in [4.78, 5) is 28.2. The predicted molar refractivity (Wildman–Crippen MR) is 85.6 cm³/mol. The number of ether oxygens (including phenoxy) is 1. The van der Waals surface area contributed by atoms with Gasteiger partial charge in [0.05, 0.1) is 12.0 Å². The number of hydrogen-bond donors (Lipinski definition) is 0. The number of nitrogens with zero attached hydrogens (tertiary/aromatic N) is 3. The average molecular weight is 315 g/mol. The summed E-state index contributed by atoms with van der Waals surface area (Å²) in [5, 5.41) is 10.8. The second-order valence-corrected chi connectivity index (χ2v) is 4.91. The highest BCUT2D eigenvalue weighted by Gasteiger charge is 2.16. The van der Waals surface area contributed by atoms with Crippen LogP contribution in [-0.2, 0) is 11.2 Å². The lowest BCUT2D eigenvalue weighted by Crippen LogP contribution is -2.27. The Hall–Kier alpha value is -2.96. The third-order valence-electron chi connectivity index (χ3n) is 3.43. The minimum atomic E-state index is -0.446. The molecular formula is C16H17N3O4. The van der Waals surface area contributed by atoms with E-state index in [2.05, 4.69) is 4.98 Å². The molecule has 120 valence electrons. The summed E-state index contributed by atoms with van der Waals surface area (Å²) in [5.41, 5.74) is 1.36. The molecule has 0 spiro atoms. The predicted octanol–water partition coefficient (Wildman–Crippen LogP) is 2.59. The number of rotatable bonds is 6. The van der Waals surface area contributed by atoms with E-state index in [1.54, 1.807) is 37.5 Å². The van der Waals surface area contributed by atoms with Gasteiger partial charge in [-0.2, -0.15) is 0 Å². The van der Waals surface area contributed by atoms with Crippen molar-refractivity contribution in [3.63, 3.8) is 0 Å². The van der Waals surface area contributed by atoms with Crippen molar-refractivity contribution in [2.24, 2.45) is 0 Å². The van der Waals surface area contributed by atoms with Gasteiger partial charge in [0.2, 0.25) is 11.8 Å². The summed E-state index contributed by atoms with van der Waals surface area (Å²) >= 11 is 0. The molecule has 23 heavy (non-hydrogen) atoms. The van der Waals surface area contributed by atoms with Crippen molar-refractivity contribution >= 4 is 17.3 Å². The van der Waals surface area contributed by atoms with Gasteiger partial charge in [-0.1, -0.05) is 12.1 Å². The maximum atomic E-state index is 12.3. The number of anilines is 1. The van der Waals surface area contributed by atoms with Crippen LogP contribution in [0.1, 0.15) is 12.0 Å². The van der Waals surface area contributed by atoms with Gasteiger partial charge in [-0.15, -0.1) is 0 Å². The van der Waals surface area contributed by atoms with Crippen LogP contribution in [0.15, 0.2) is 42.6 Å². The number of hydrogen-bond acceptors (Lipinski definition) is 5. The Morgan fingerprint density at radius 3 is 2.83 bits per heavy atom. The van der Waals surface area contributed by atoms with Crippen molar-refractivity contribution in [1.29, 1.82) is 0 Å². The molecule has 1 heterocycles. The molecule has 0 radical (unpaired) electrons. The molecule has 0 saturated carbocycles. The number of benzene rings is 1. The van der Waals surface area contributed by atoms with E-state index >= 15 is 0 Å². The van der Waals surface area contributed by atoms with Gasteiger partial charge in [0.1, 0.15) is 5.69 Å². The molecule has 0 N–H and O–H groups in total. The first-order chi connectivity index (χ1) is 11.0. The summed E-state index contributed by atoms with van der Waals surface area (Å²) in [6, 6.07) is 9.77. The molecule has 0 unspecified atom stereocenters. The Labute approximate surface area is 133 Å². The summed E-state index contributed by atoms with van der Waals surface area (Å²) in [6.07, 6.45) is 2.24. The van der Waals surface area contributed by atoms with E-state index in [9.17, 15) is 14.9 Å². The van der Waals surface area contributed by atoms with Gasteiger partial charge in [-0.3, -0.25) is 14.9 Å². The van der Waals surface area contributed by atoms with Gasteiger partial charge < -0.3 is 9.64 Å². The molecule has 2 rings (SSSR count). The zero-order valence-corrected chi connectivity index (χ0v) is 12.9. The molecule has 0 fully saturated rings. The first-order valence-corrected chi connectivity index (χ1v) is 7.02. The van der Waals surface area contributed by atoms with E-state index in [0.717, 1.165) is 5.56 Å². The lowest BCUT2D eigenvalue weighted by atomic mass is 10.1. The Bertz CT molecular complexity index is 718. The van der Waals surface area contributed by atoms with Crippen LogP contribution in [0.25, 0.3) is 0 Å². The number of aryl methyl sites for hydroxylation is 1. The number of methoxy groups -OCH3 is 1. The minimum Gasteiger partial charge on any atom is -0.480 e. The minimum absolute atomic E-state index is 0.0252. The molecule has 7 nitrogen and oxygen atoms in total. The maximum Gasteiger partial charge on any atom is 0.269 e. The molecule has 1 aromatic carbocycles. The highest BCUT2D eigenvalue weighted by atomic mass is 16.6. The van der Waals surface area contributed by atoms with Crippen molar-refractivity contribution in [2.45, 2.75) is 12.8 Å². The normalized spacial score (nSPS) is 10.2. The monoisotopic (exact) mass is 315 g/mol. The third kappa shape index (κ3) is 4.03. The van der Waals surface area contributed by atoms with E-state index in [0.29, 0.717) is 18.0 Å². The fraction of sp³-hybridized carbons (Fsp3) is 0.250. The third-order valence-corrected chi connectivity index (χ3v) is 3.43. The Balaban J connectivity index is 2.04. The maximum absolute atomic E-state index is 12.3. The van der Waals surface area contributed by atoms with E-state index in [4.69, 9.17) is 4.74 Å². The standard InChI is InChI=1S/C16H17N3O4/c1-18(14-7-4-10-17-16(14)23-2)15(20)9-8-12-5-3-6-13(11-12)19(21)22/h3-7,10-11H,8-9H2,1-2H3. The Morgan fingerprint density at radius 1 is 1.35 bits per heavy atom. The molecular weight excluding hydrogens is 298 g/mol. The molecule has 0 aliphatic heterocycles. The summed E-state index contributed by atoms with van der Waals surface area (Å²) in [7, 11) is 3.14. The highest BCUT2D eigenvalue weighted by Crippen LogP contribution is 2.24. The lowest BCUT2D eigenvalue weighted by Gasteiger charge is -2.19. The molecule has 1 amide bonds. The number of carbonyl (C=O) groups is 1. The molecule has 7 heteroatoms. The molecule has 0 aliphatic carbocycles. The number of non-ortho nitro benzene ring substituents is 1. The zero-order chi connectivity index (χ0) is 16.8. The van der Waals surface area contributed by atoms with Gasteiger partial charge in [0.15, 0.2) is 0 Å². The second kappa shape index (κ2) is 7.35. The van der Waals surface area contributed by atoms with Crippen LogP contribution in [0, 0.1) is 10.1 Å². The first kappa shape index (κ1) is 16.4. The Morgan fingerprint density at radius 2 is 2.13 bits per heavy atom.